The van der Waals surface area contributed by atoms with E-state index in [9.17, 15) is 14.4 Å². The lowest BCUT2D eigenvalue weighted by atomic mass is 10.0. The number of furan rings is 1. The lowest BCUT2D eigenvalue weighted by molar-refractivity contribution is -0.131. The molecule has 8 heteroatoms. The standard InChI is InChI=1S/C19H26N4O4/c24-17(22-7-1-2-8-22)6-5-14-11-20-18(25)15-10-13(12-23(14)15)21-19(26)16-4-3-9-27-16/h3-4,9,13-15H,1-2,5-8,10-12H2,(H,20,25)(H,21,26). The van der Waals surface area contributed by atoms with E-state index in [0.29, 0.717) is 25.9 Å². The summed E-state index contributed by atoms with van der Waals surface area (Å²) in [5.41, 5.74) is 0. The van der Waals surface area contributed by atoms with Gasteiger partial charge in [-0.3, -0.25) is 19.3 Å². The molecule has 1 aromatic rings. The van der Waals surface area contributed by atoms with Crippen LogP contribution in [0.5, 0.6) is 0 Å². The number of carbonyl (C=O) groups excluding carboxylic acids is 3. The van der Waals surface area contributed by atoms with E-state index in [2.05, 4.69) is 15.5 Å². The molecule has 3 atom stereocenters. The average molecular weight is 374 g/mol. The zero-order valence-electron chi connectivity index (χ0n) is 15.4. The maximum Gasteiger partial charge on any atom is 0.287 e. The first-order valence-corrected chi connectivity index (χ1v) is 9.77. The zero-order valence-corrected chi connectivity index (χ0v) is 15.4. The Kier molecular flexibility index (Phi) is 5.15. The highest BCUT2D eigenvalue weighted by molar-refractivity contribution is 5.91. The Bertz CT molecular complexity index is 699. The van der Waals surface area contributed by atoms with Gasteiger partial charge in [-0.25, -0.2) is 0 Å². The van der Waals surface area contributed by atoms with Crippen molar-refractivity contribution in [3.63, 3.8) is 0 Å². The molecule has 0 saturated carbocycles. The maximum absolute atomic E-state index is 12.3. The molecule has 4 rings (SSSR count). The van der Waals surface area contributed by atoms with Crippen LogP contribution in [0.4, 0.5) is 0 Å². The number of nitrogens with one attached hydrogen (secondary N) is 2. The van der Waals surface area contributed by atoms with Gasteiger partial charge in [0.1, 0.15) is 0 Å². The summed E-state index contributed by atoms with van der Waals surface area (Å²) in [5, 5.41) is 5.92. The molecule has 3 fully saturated rings. The second-order valence-electron chi connectivity index (χ2n) is 7.62. The van der Waals surface area contributed by atoms with Gasteiger partial charge in [0.15, 0.2) is 5.76 Å². The number of amides is 3. The van der Waals surface area contributed by atoms with E-state index in [4.69, 9.17) is 4.42 Å². The lowest BCUT2D eigenvalue weighted by Gasteiger charge is -2.37. The quantitative estimate of drug-likeness (QED) is 0.776. The number of carbonyl (C=O) groups is 3. The monoisotopic (exact) mass is 374 g/mol. The van der Waals surface area contributed by atoms with Gasteiger partial charge in [0.05, 0.1) is 12.3 Å². The Morgan fingerprint density at radius 3 is 2.85 bits per heavy atom. The summed E-state index contributed by atoms with van der Waals surface area (Å²) in [6.07, 6.45) is 5.47. The van der Waals surface area contributed by atoms with Crippen LogP contribution in [0, 0.1) is 0 Å². The molecule has 0 aliphatic carbocycles. The first-order valence-electron chi connectivity index (χ1n) is 9.77. The van der Waals surface area contributed by atoms with Crippen molar-refractivity contribution in [2.75, 3.05) is 26.2 Å². The molecule has 3 amide bonds. The maximum atomic E-state index is 12.3. The average Bonchev–Trinajstić information content (AvgIpc) is 3.40. The minimum atomic E-state index is -0.258. The van der Waals surface area contributed by atoms with Crippen LogP contribution in [-0.2, 0) is 9.59 Å². The summed E-state index contributed by atoms with van der Waals surface area (Å²) >= 11 is 0. The van der Waals surface area contributed by atoms with Crippen molar-refractivity contribution < 1.29 is 18.8 Å². The molecule has 8 nitrogen and oxygen atoms in total. The summed E-state index contributed by atoms with van der Waals surface area (Å²) in [7, 11) is 0. The normalized spacial score (nSPS) is 28.1. The number of fused-ring (bicyclic) bond motifs is 1. The van der Waals surface area contributed by atoms with Crippen LogP contribution in [0.15, 0.2) is 22.8 Å². The molecule has 2 N–H and O–H groups in total. The highest BCUT2D eigenvalue weighted by Gasteiger charge is 2.44. The molecule has 0 radical (unpaired) electrons. The number of nitrogens with zero attached hydrogens (tertiary/aromatic N) is 2. The van der Waals surface area contributed by atoms with E-state index in [0.717, 1.165) is 32.4 Å². The third-order valence-corrected chi connectivity index (χ3v) is 5.85. The van der Waals surface area contributed by atoms with Crippen molar-refractivity contribution in [2.24, 2.45) is 0 Å². The molecule has 3 aliphatic rings. The Hall–Kier alpha value is -2.35. The van der Waals surface area contributed by atoms with E-state index in [-0.39, 0.29) is 41.6 Å². The minimum absolute atomic E-state index is 0.00636. The first-order chi connectivity index (χ1) is 13.1. The van der Waals surface area contributed by atoms with Crippen molar-refractivity contribution in [1.82, 2.24) is 20.4 Å². The van der Waals surface area contributed by atoms with Crippen molar-refractivity contribution in [3.05, 3.63) is 24.2 Å². The van der Waals surface area contributed by atoms with E-state index in [1.807, 2.05) is 4.90 Å². The van der Waals surface area contributed by atoms with Gasteiger partial charge in [-0.05, 0) is 37.8 Å². The van der Waals surface area contributed by atoms with Gasteiger partial charge in [0, 0.05) is 44.7 Å². The fourth-order valence-corrected chi connectivity index (χ4v) is 4.43. The largest absolute Gasteiger partial charge is 0.459 e. The van der Waals surface area contributed by atoms with Gasteiger partial charge in [-0.2, -0.15) is 0 Å². The summed E-state index contributed by atoms with van der Waals surface area (Å²) in [5.74, 6) is 0.234. The molecule has 0 spiro atoms. The molecule has 146 valence electrons. The fraction of sp³-hybridized carbons (Fsp3) is 0.632. The Labute approximate surface area is 158 Å². The van der Waals surface area contributed by atoms with E-state index < -0.39 is 0 Å². The highest BCUT2D eigenvalue weighted by atomic mass is 16.3. The van der Waals surface area contributed by atoms with E-state index >= 15 is 0 Å². The molecule has 27 heavy (non-hydrogen) atoms. The van der Waals surface area contributed by atoms with Gasteiger partial charge >= 0.3 is 0 Å². The van der Waals surface area contributed by atoms with Crippen LogP contribution in [0.2, 0.25) is 0 Å². The summed E-state index contributed by atoms with van der Waals surface area (Å²) < 4.78 is 5.13. The van der Waals surface area contributed by atoms with Crippen LogP contribution >= 0.6 is 0 Å². The van der Waals surface area contributed by atoms with Gasteiger partial charge in [-0.1, -0.05) is 0 Å². The molecule has 3 saturated heterocycles. The Morgan fingerprint density at radius 1 is 1.30 bits per heavy atom. The summed E-state index contributed by atoms with van der Waals surface area (Å²) in [4.78, 5) is 40.9. The topological polar surface area (TPSA) is 94.9 Å². The third-order valence-electron chi connectivity index (χ3n) is 5.85. The lowest BCUT2D eigenvalue weighted by Crippen LogP contribution is -2.58. The van der Waals surface area contributed by atoms with Crippen molar-refractivity contribution in [1.29, 1.82) is 0 Å². The highest BCUT2D eigenvalue weighted by Crippen LogP contribution is 2.26. The number of piperazine rings is 1. The van der Waals surface area contributed by atoms with Gasteiger partial charge in [-0.15, -0.1) is 0 Å². The van der Waals surface area contributed by atoms with Gasteiger partial charge < -0.3 is 20.0 Å². The van der Waals surface area contributed by atoms with E-state index in [1.165, 1.54) is 6.26 Å². The van der Waals surface area contributed by atoms with Gasteiger partial charge in [0.2, 0.25) is 11.8 Å². The number of rotatable bonds is 5. The van der Waals surface area contributed by atoms with Crippen molar-refractivity contribution in [3.8, 4) is 0 Å². The van der Waals surface area contributed by atoms with Crippen LogP contribution in [-0.4, -0.2) is 71.8 Å². The Morgan fingerprint density at radius 2 is 2.11 bits per heavy atom. The fourth-order valence-electron chi connectivity index (χ4n) is 4.43. The molecule has 3 unspecified atom stereocenters. The van der Waals surface area contributed by atoms with Crippen molar-refractivity contribution >= 4 is 17.7 Å². The Balaban J connectivity index is 1.34. The molecule has 0 aromatic carbocycles. The predicted molar refractivity (Wildman–Crippen MR) is 96.9 cm³/mol. The molecular weight excluding hydrogens is 348 g/mol. The summed E-state index contributed by atoms with van der Waals surface area (Å²) in [6, 6.07) is 3.08. The summed E-state index contributed by atoms with van der Waals surface area (Å²) in [6.45, 7) is 2.91. The van der Waals surface area contributed by atoms with Crippen LogP contribution in [0.3, 0.4) is 0 Å². The predicted octanol–water partition coefficient (Wildman–Crippen LogP) is 0.353. The SMILES string of the molecule is O=C(NC1CC2C(=O)NCC(CCC(=O)N3CCCC3)N2C1)c1ccco1. The molecule has 4 heterocycles. The molecular formula is C19H26N4O4. The van der Waals surface area contributed by atoms with Gasteiger partial charge in [0.25, 0.3) is 5.91 Å². The second kappa shape index (κ2) is 7.72. The third kappa shape index (κ3) is 3.85. The van der Waals surface area contributed by atoms with Crippen molar-refractivity contribution in [2.45, 2.75) is 50.2 Å². The molecule has 3 aliphatic heterocycles. The number of hydrogen-bond acceptors (Lipinski definition) is 5. The molecule has 0 bridgehead atoms. The number of hydrogen-bond donors (Lipinski definition) is 2. The van der Waals surface area contributed by atoms with E-state index in [1.54, 1.807) is 12.1 Å². The van der Waals surface area contributed by atoms with Crippen LogP contribution in [0.1, 0.15) is 42.7 Å². The van der Waals surface area contributed by atoms with Crippen LogP contribution in [0.25, 0.3) is 0 Å². The minimum Gasteiger partial charge on any atom is -0.459 e. The smallest absolute Gasteiger partial charge is 0.287 e. The molecule has 1 aromatic heterocycles. The second-order valence-corrected chi connectivity index (χ2v) is 7.62. The number of likely N-dealkylation sites (tertiary alicyclic amines) is 1. The zero-order chi connectivity index (χ0) is 18.8. The first kappa shape index (κ1) is 18.0. The van der Waals surface area contributed by atoms with Crippen LogP contribution < -0.4 is 10.6 Å².